The molecule has 106 valence electrons. The predicted molar refractivity (Wildman–Crippen MR) is 69.8 cm³/mol. The van der Waals surface area contributed by atoms with Gasteiger partial charge in [-0.1, -0.05) is 23.7 Å². The van der Waals surface area contributed by atoms with Crippen LogP contribution < -0.4 is 4.74 Å². The van der Waals surface area contributed by atoms with Gasteiger partial charge in [-0.05, 0) is 36.2 Å². The number of ether oxygens (including phenoxy) is 1. The molecule has 0 aliphatic carbocycles. The fourth-order valence-corrected chi connectivity index (χ4v) is 1.67. The van der Waals surface area contributed by atoms with E-state index >= 15 is 0 Å². The SMILES string of the molecule is Cc1cc(OCc2ccc(C(F)(F)F)cc2)cnc1Cl. The van der Waals surface area contributed by atoms with Crippen molar-refractivity contribution < 1.29 is 17.9 Å². The van der Waals surface area contributed by atoms with Crippen molar-refractivity contribution in [1.29, 1.82) is 0 Å². The van der Waals surface area contributed by atoms with Crippen LogP contribution in [0.2, 0.25) is 5.15 Å². The lowest BCUT2D eigenvalue weighted by Crippen LogP contribution is -2.05. The molecule has 2 nitrogen and oxygen atoms in total. The molecule has 0 spiro atoms. The minimum absolute atomic E-state index is 0.168. The van der Waals surface area contributed by atoms with E-state index in [-0.39, 0.29) is 6.61 Å². The zero-order chi connectivity index (χ0) is 14.8. The van der Waals surface area contributed by atoms with E-state index in [9.17, 15) is 13.2 Å². The number of aryl methyl sites for hydroxylation is 1. The molecule has 2 rings (SSSR count). The minimum Gasteiger partial charge on any atom is -0.487 e. The second kappa shape index (κ2) is 5.71. The quantitative estimate of drug-likeness (QED) is 0.770. The Balaban J connectivity index is 2.02. The minimum atomic E-state index is -4.32. The third kappa shape index (κ3) is 3.63. The van der Waals surface area contributed by atoms with Crippen LogP contribution in [0.1, 0.15) is 16.7 Å². The van der Waals surface area contributed by atoms with Crippen molar-refractivity contribution in [3.8, 4) is 5.75 Å². The molecule has 1 heterocycles. The van der Waals surface area contributed by atoms with Gasteiger partial charge in [0.15, 0.2) is 0 Å². The number of rotatable bonds is 3. The Bertz CT molecular complexity index is 596. The second-order valence-corrected chi connectivity index (χ2v) is 4.62. The highest BCUT2D eigenvalue weighted by atomic mass is 35.5. The van der Waals surface area contributed by atoms with Crippen molar-refractivity contribution in [2.75, 3.05) is 0 Å². The summed E-state index contributed by atoms with van der Waals surface area (Å²) in [6.45, 7) is 1.96. The molecular weight excluding hydrogens is 291 g/mol. The van der Waals surface area contributed by atoms with Crippen molar-refractivity contribution in [2.45, 2.75) is 19.7 Å². The zero-order valence-corrected chi connectivity index (χ0v) is 11.3. The van der Waals surface area contributed by atoms with E-state index in [1.807, 2.05) is 0 Å². The van der Waals surface area contributed by atoms with E-state index in [1.165, 1.54) is 18.3 Å². The lowest BCUT2D eigenvalue weighted by molar-refractivity contribution is -0.137. The average molecular weight is 302 g/mol. The molecule has 2 aromatic rings. The first-order valence-corrected chi connectivity index (χ1v) is 6.15. The molecule has 20 heavy (non-hydrogen) atoms. The van der Waals surface area contributed by atoms with E-state index in [0.717, 1.165) is 17.7 Å². The largest absolute Gasteiger partial charge is 0.487 e. The highest BCUT2D eigenvalue weighted by molar-refractivity contribution is 6.30. The number of nitrogens with zero attached hydrogens (tertiary/aromatic N) is 1. The Hall–Kier alpha value is -1.75. The third-order valence-corrected chi connectivity index (χ3v) is 3.07. The molecule has 0 saturated carbocycles. The van der Waals surface area contributed by atoms with Gasteiger partial charge in [-0.25, -0.2) is 4.98 Å². The van der Waals surface area contributed by atoms with Gasteiger partial charge in [0.1, 0.15) is 17.5 Å². The number of halogens is 4. The number of hydrogen-bond acceptors (Lipinski definition) is 2. The van der Waals surface area contributed by atoms with E-state index in [1.54, 1.807) is 13.0 Å². The third-order valence-electron chi connectivity index (χ3n) is 2.68. The molecule has 0 atom stereocenters. The number of pyridine rings is 1. The fourth-order valence-electron chi connectivity index (χ4n) is 1.57. The van der Waals surface area contributed by atoms with Gasteiger partial charge < -0.3 is 4.74 Å². The summed E-state index contributed by atoms with van der Waals surface area (Å²) in [6.07, 6.45) is -2.85. The van der Waals surface area contributed by atoms with Crippen molar-refractivity contribution in [1.82, 2.24) is 4.98 Å². The van der Waals surface area contributed by atoms with Gasteiger partial charge in [0.2, 0.25) is 0 Å². The first kappa shape index (κ1) is 14.7. The molecule has 0 aliphatic rings. The smallest absolute Gasteiger partial charge is 0.416 e. The predicted octanol–water partition coefficient (Wildman–Crippen LogP) is 4.64. The Kier molecular flexibility index (Phi) is 4.18. The van der Waals surface area contributed by atoms with Gasteiger partial charge >= 0.3 is 6.18 Å². The summed E-state index contributed by atoms with van der Waals surface area (Å²) in [5.74, 6) is 0.520. The van der Waals surface area contributed by atoms with Crippen LogP contribution in [-0.4, -0.2) is 4.98 Å². The maximum atomic E-state index is 12.4. The van der Waals surface area contributed by atoms with Gasteiger partial charge in [-0.2, -0.15) is 13.2 Å². The van der Waals surface area contributed by atoms with Crippen molar-refractivity contribution in [3.05, 3.63) is 58.4 Å². The standard InChI is InChI=1S/C14H11ClF3NO/c1-9-6-12(7-19-13(9)15)20-8-10-2-4-11(5-3-10)14(16,17)18/h2-7H,8H2,1H3. The lowest BCUT2D eigenvalue weighted by Gasteiger charge is -2.09. The summed E-state index contributed by atoms with van der Waals surface area (Å²) in [5, 5.41) is 0.395. The summed E-state index contributed by atoms with van der Waals surface area (Å²) in [6, 6.07) is 6.56. The fraction of sp³-hybridized carbons (Fsp3) is 0.214. The summed E-state index contributed by atoms with van der Waals surface area (Å²) in [5.41, 5.74) is 0.743. The number of hydrogen-bond donors (Lipinski definition) is 0. The van der Waals surface area contributed by atoms with Gasteiger partial charge in [0.25, 0.3) is 0 Å². The molecule has 0 aliphatic heterocycles. The highest BCUT2D eigenvalue weighted by Gasteiger charge is 2.29. The van der Waals surface area contributed by atoms with Crippen LogP contribution in [0.15, 0.2) is 36.5 Å². The molecule has 0 fully saturated rings. The average Bonchev–Trinajstić information content (AvgIpc) is 2.40. The second-order valence-electron chi connectivity index (χ2n) is 4.26. The summed E-state index contributed by atoms with van der Waals surface area (Å²) in [4.78, 5) is 3.93. The van der Waals surface area contributed by atoms with Crippen LogP contribution in [0, 0.1) is 6.92 Å². The molecule has 0 bridgehead atoms. The first-order valence-electron chi connectivity index (χ1n) is 5.77. The molecule has 0 saturated heterocycles. The maximum Gasteiger partial charge on any atom is 0.416 e. The van der Waals surface area contributed by atoms with Crippen molar-refractivity contribution in [3.63, 3.8) is 0 Å². The van der Waals surface area contributed by atoms with Gasteiger partial charge in [-0.15, -0.1) is 0 Å². The number of alkyl halides is 3. The monoisotopic (exact) mass is 301 g/mol. The van der Waals surface area contributed by atoms with E-state index < -0.39 is 11.7 Å². The number of benzene rings is 1. The summed E-state index contributed by atoms with van der Waals surface area (Å²) in [7, 11) is 0. The lowest BCUT2D eigenvalue weighted by atomic mass is 10.1. The van der Waals surface area contributed by atoms with Crippen LogP contribution in [0.5, 0.6) is 5.75 Å². The Morgan fingerprint density at radius 3 is 2.40 bits per heavy atom. The van der Waals surface area contributed by atoms with Gasteiger partial charge in [0, 0.05) is 0 Å². The topological polar surface area (TPSA) is 22.1 Å². The van der Waals surface area contributed by atoms with E-state index in [4.69, 9.17) is 16.3 Å². The molecule has 6 heteroatoms. The Labute approximate surface area is 119 Å². The van der Waals surface area contributed by atoms with Crippen molar-refractivity contribution >= 4 is 11.6 Å². The Morgan fingerprint density at radius 1 is 1.20 bits per heavy atom. The van der Waals surface area contributed by atoms with Gasteiger partial charge in [-0.3, -0.25) is 0 Å². The Morgan fingerprint density at radius 2 is 1.85 bits per heavy atom. The molecule has 0 amide bonds. The summed E-state index contributed by atoms with van der Waals surface area (Å²) >= 11 is 5.78. The van der Waals surface area contributed by atoms with Crippen molar-refractivity contribution in [2.24, 2.45) is 0 Å². The summed E-state index contributed by atoms with van der Waals surface area (Å²) < 4.78 is 42.7. The molecule has 1 aromatic heterocycles. The molecule has 0 N–H and O–H groups in total. The van der Waals surface area contributed by atoms with Gasteiger partial charge in [0.05, 0.1) is 11.8 Å². The van der Waals surface area contributed by atoms with Crippen LogP contribution in [0.4, 0.5) is 13.2 Å². The van der Waals surface area contributed by atoms with Crippen LogP contribution in [0.25, 0.3) is 0 Å². The first-order chi connectivity index (χ1) is 9.36. The molecule has 0 unspecified atom stereocenters. The maximum absolute atomic E-state index is 12.4. The normalized spacial score (nSPS) is 11.4. The van der Waals surface area contributed by atoms with Crippen LogP contribution in [0.3, 0.4) is 0 Å². The molecular formula is C14H11ClF3NO. The number of aromatic nitrogens is 1. The van der Waals surface area contributed by atoms with E-state index in [2.05, 4.69) is 4.98 Å². The molecule has 0 radical (unpaired) electrons. The van der Waals surface area contributed by atoms with E-state index in [0.29, 0.717) is 16.5 Å². The van der Waals surface area contributed by atoms with Crippen LogP contribution >= 0.6 is 11.6 Å². The van der Waals surface area contributed by atoms with Crippen LogP contribution in [-0.2, 0) is 12.8 Å². The highest BCUT2D eigenvalue weighted by Crippen LogP contribution is 2.29. The zero-order valence-electron chi connectivity index (χ0n) is 10.5. The molecule has 1 aromatic carbocycles.